The van der Waals surface area contributed by atoms with Gasteiger partial charge in [0.2, 0.25) is 0 Å². The number of rotatable bonds is 4. The highest BCUT2D eigenvalue weighted by Crippen LogP contribution is 2.38. The third-order valence-corrected chi connectivity index (χ3v) is 4.19. The van der Waals surface area contributed by atoms with Gasteiger partial charge in [0.1, 0.15) is 11.8 Å². The zero-order valence-corrected chi connectivity index (χ0v) is 11.1. The Labute approximate surface area is 113 Å². The minimum atomic E-state index is -0.672. The summed E-state index contributed by atoms with van der Waals surface area (Å²) < 4.78 is 5.38. The van der Waals surface area contributed by atoms with Crippen LogP contribution in [0.2, 0.25) is 0 Å². The first kappa shape index (κ1) is 12.5. The number of hydrogen-bond donors (Lipinski definition) is 1. The second-order valence-corrected chi connectivity index (χ2v) is 5.44. The van der Waals surface area contributed by atoms with E-state index in [9.17, 15) is 9.90 Å². The van der Waals surface area contributed by atoms with Gasteiger partial charge in [-0.3, -0.25) is 9.69 Å². The van der Waals surface area contributed by atoms with Crippen LogP contribution in [-0.2, 0) is 17.8 Å². The van der Waals surface area contributed by atoms with Crippen LogP contribution in [-0.4, -0.2) is 35.7 Å². The van der Waals surface area contributed by atoms with Gasteiger partial charge in [0, 0.05) is 13.1 Å². The van der Waals surface area contributed by atoms with Crippen LogP contribution in [0.1, 0.15) is 24.0 Å². The van der Waals surface area contributed by atoms with Gasteiger partial charge < -0.3 is 9.84 Å². The van der Waals surface area contributed by atoms with Crippen molar-refractivity contribution in [1.82, 2.24) is 4.90 Å². The molecule has 3 rings (SSSR count). The molecular formula is C15H19NO3. The van der Waals surface area contributed by atoms with Crippen molar-refractivity contribution in [2.75, 3.05) is 13.7 Å². The Morgan fingerprint density at radius 1 is 1.47 bits per heavy atom. The normalized spacial score (nSPS) is 20.7. The van der Waals surface area contributed by atoms with Crippen LogP contribution < -0.4 is 4.74 Å². The minimum Gasteiger partial charge on any atom is -0.496 e. The van der Waals surface area contributed by atoms with Crippen molar-refractivity contribution in [1.29, 1.82) is 0 Å². The van der Waals surface area contributed by atoms with Crippen LogP contribution in [0.3, 0.4) is 0 Å². The average molecular weight is 261 g/mol. The van der Waals surface area contributed by atoms with E-state index >= 15 is 0 Å². The average Bonchev–Trinajstić information content (AvgIpc) is 3.22. The maximum atomic E-state index is 11.4. The summed E-state index contributed by atoms with van der Waals surface area (Å²) in [7, 11) is 1.69. The van der Waals surface area contributed by atoms with E-state index in [4.69, 9.17) is 4.74 Å². The highest BCUT2D eigenvalue weighted by molar-refractivity contribution is 5.74. The molecule has 4 nitrogen and oxygen atoms in total. The molecule has 102 valence electrons. The number of fused-ring (bicyclic) bond motifs is 1. The molecular weight excluding hydrogens is 242 g/mol. The molecule has 1 atom stereocenters. The first-order chi connectivity index (χ1) is 9.20. The van der Waals surface area contributed by atoms with Gasteiger partial charge in [0.15, 0.2) is 0 Å². The smallest absolute Gasteiger partial charge is 0.321 e. The van der Waals surface area contributed by atoms with Gasteiger partial charge in [-0.05, 0) is 42.4 Å². The van der Waals surface area contributed by atoms with Crippen LogP contribution in [0.5, 0.6) is 5.75 Å². The zero-order valence-electron chi connectivity index (χ0n) is 11.1. The Morgan fingerprint density at radius 2 is 2.26 bits per heavy atom. The zero-order chi connectivity index (χ0) is 13.4. The number of carboxylic acid groups (broad SMARTS) is 1. The van der Waals surface area contributed by atoms with E-state index in [0.29, 0.717) is 5.92 Å². The van der Waals surface area contributed by atoms with E-state index in [1.165, 1.54) is 11.1 Å². The third kappa shape index (κ3) is 2.32. The summed E-state index contributed by atoms with van der Waals surface area (Å²) in [6.07, 6.45) is 2.98. The number of methoxy groups -OCH3 is 1. The van der Waals surface area contributed by atoms with E-state index in [0.717, 1.165) is 38.1 Å². The Bertz CT molecular complexity index is 496. The molecule has 1 unspecified atom stereocenters. The van der Waals surface area contributed by atoms with Gasteiger partial charge in [-0.25, -0.2) is 0 Å². The molecule has 1 aliphatic heterocycles. The third-order valence-electron chi connectivity index (χ3n) is 4.19. The molecule has 1 heterocycles. The number of carboxylic acids is 1. The molecule has 1 N–H and O–H groups in total. The highest BCUT2D eigenvalue weighted by atomic mass is 16.5. The Morgan fingerprint density at radius 3 is 2.89 bits per heavy atom. The van der Waals surface area contributed by atoms with Crippen LogP contribution in [0.25, 0.3) is 0 Å². The van der Waals surface area contributed by atoms with Crippen molar-refractivity contribution < 1.29 is 14.6 Å². The molecule has 0 amide bonds. The van der Waals surface area contributed by atoms with Crippen LogP contribution in [0.4, 0.5) is 0 Å². The first-order valence-corrected chi connectivity index (χ1v) is 6.82. The van der Waals surface area contributed by atoms with Crippen LogP contribution in [0.15, 0.2) is 18.2 Å². The number of carbonyl (C=O) groups is 1. The molecule has 0 saturated heterocycles. The number of nitrogens with zero attached hydrogens (tertiary/aromatic N) is 1. The molecule has 4 heteroatoms. The largest absolute Gasteiger partial charge is 0.496 e. The van der Waals surface area contributed by atoms with E-state index < -0.39 is 5.97 Å². The summed E-state index contributed by atoms with van der Waals surface area (Å²) in [5.41, 5.74) is 2.44. The van der Waals surface area contributed by atoms with Gasteiger partial charge >= 0.3 is 5.97 Å². The molecule has 0 radical (unpaired) electrons. The van der Waals surface area contributed by atoms with E-state index in [2.05, 4.69) is 11.0 Å². The molecule has 0 bridgehead atoms. The molecule has 1 saturated carbocycles. The first-order valence-electron chi connectivity index (χ1n) is 6.82. The standard InChI is InChI=1S/C15H19NO3/c1-19-13-4-2-3-11-9-16(8-7-12(11)13)14(15(17)18)10-5-6-10/h2-4,10,14H,5-9H2,1H3,(H,17,18). The lowest BCUT2D eigenvalue weighted by Crippen LogP contribution is -2.45. The Hall–Kier alpha value is -1.55. The summed E-state index contributed by atoms with van der Waals surface area (Å²) >= 11 is 0. The number of ether oxygens (including phenoxy) is 1. The number of aliphatic carboxylic acids is 1. The fourth-order valence-electron chi connectivity index (χ4n) is 3.09. The molecule has 0 aromatic heterocycles. The summed E-state index contributed by atoms with van der Waals surface area (Å²) in [4.78, 5) is 13.6. The minimum absolute atomic E-state index is 0.306. The Balaban J connectivity index is 1.83. The summed E-state index contributed by atoms with van der Waals surface area (Å²) in [6, 6.07) is 5.73. The van der Waals surface area contributed by atoms with E-state index in [-0.39, 0.29) is 6.04 Å². The Kier molecular flexibility index (Phi) is 3.19. The second kappa shape index (κ2) is 4.85. The predicted octanol–water partition coefficient (Wildman–Crippen LogP) is 1.92. The van der Waals surface area contributed by atoms with Crippen molar-refractivity contribution in [3.05, 3.63) is 29.3 Å². The number of hydrogen-bond acceptors (Lipinski definition) is 3. The predicted molar refractivity (Wildman–Crippen MR) is 71.3 cm³/mol. The molecule has 1 aliphatic carbocycles. The fraction of sp³-hybridized carbons (Fsp3) is 0.533. The van der Waals surface area contributed by atoms with Crippen LogP contribution in [0, 0.1) is 5.92 Å². The summed E-state index contributed by atoms with van der Waals surface area (Å²) in [6.45, 7) is 1.53. The topological polar surface area (TPSA) is 49.8 Å². The summed E-state index contributed by atoms with van der Waals surface area (Å²) in [5.74, 6) is 0.606. The van der Waals surface area contributed by atoms with Crippen molar-refractivity contribution in [3.63, 3.8) is 0 Å². The van der Waals surface area contributed by atoms with Gasteiger partial charge in [-0.2, -0.15) is 0 Å². The van der Waals surface area contributed by atoms with Gasteiger partial charge in [0.25, 0.3) is 0 Å². The summed E-state index contributed by atoms with van der Waals surface area (Å²) in [5, 5.41) is 9.42. The van der Waals surface area contributed by atoms with Crippen LogP contribution >= 0.6 is 0 Å². The molecule has 2 aliphatic rings. The molecule has 19 heavy (non-hydrogen) atoms. The van der Waals surface area contributed by atoms with Gasteiger partial charge in [-0.1, -0.05) is 12.1 Å². The van der Waals surface area contributed by atoms with Crippen molar-refractivity contribution >= 4 is 5.97 Å². The van der Waals surface area contributed by atoms with E-state index in [1.54, 1.807) is 7.11 Å². The molecule has 0 spiro atoms. The fourth-order valence-corrected chi connectivity index (χ4v) is 3.09. The quantitative estimate of drug-likeness (QED) is 0.899. The lowest BCUT2D eigenvalue weighted by molar-refractivity contribution is -0.144. The highest BCUT2D eigenvalue weighted by Gasteiger charge is 2.41. The van der Waals surface area contributed by atoms with Crippen molar-refractivity contribution in [2.24, 2.45) is 5.92 Å². The van der Waals surface area contributed by atoms with Gasteiger partial charge in [-0.15, -0.1) is 0 Å². The maximum absolute atomic E-state index is 11.4. The molecule has 1 fully saturated rings. The van der Waals surface area contributed by atoms with E-state index in [1.807, 2.05) is 12.1 Å². The second-order valence-electron chi connectivity index (χ2n) is 5.44. The van der Waals surface area contributed by atoms with Crippen molar-refractivity contribution in [3.8, 4) is 5.75 Å². The van der Waals surface area contributed by atoms with Gasteiger partial charge in [0.05, 0.1) is 7.11 Å². The van der Waals surface area contributed by atoms with Crippen molar-refractivity contribution in [2.45, 2.75) is 31.8 Å². The molecule has 1 aromatic rings. The number of benzene rings is 1. The molecule has 1 aromatic carbocycles. The lowest BCUT2D eigenvalue weighted by atomic mass is 9.96. The lowest BCUT2D eigenvalue weighted by Gasteiger charge is -2.34. The SMILES string of the molecule is COc1cccc2c1CCN(C(C(=O)O)C1CC1)C2. The monoisotopic (exact) mass is 261 g/mol. The maximum Gasteiger partial charge on any atom is 0.321 e.